The first-order valence-electron chi connectivity index (χ1n) is 6.21. The molecule has 3 aromatic rings. The molecule has 0 saturated heterocycles. The van der Waals surface area contributed by atoms with Crippen molar-refractivity contribution in [3.63, 3.8) is 0 Å². The van der Waals surface area contributed by atoms with E-state index in [0.29, 0.717) is 16.4 Å². The Morgan fingerprint density at radius 3 is 2.67 bits per heavy atom. The summed E-state index contributed by atoms with van der Waals surface area (Å²) in [7, 11) is 0. The Hall–Kier alpha value is -2.68. The van der Waals surface area contributed by atoms with Gasteiger partial charge in [0.2, 0.25) is 0 Å². The quantitative estimate of drug-likeness (QED) is 0.537. The monoisotopic (exact) mass is 303 g/mol. The van der Waals surface area contributed by atoms with Crippen LogP contribution in [0.15, 0.2) is 35.1 Å². The molecule has 0 amide bonds. The molecule has 3 N–H and O–H groups in total. The summed E-state index contributed by atoms with van der Waals surface area (Å²) in [6.07, 6.45) is 0. The molecule has 8 nitrogen and oxygen atoms in total. The van der Waals surface area contributed by atoms with E-state index >= 15 is 0 Å². The molecule has 0 saturated carbocycles. The lowest BCUT2D eigenvalue weighted by atomic mass is 10.3. The van der Waals surface area contributed by atoms with Crippen molar-refractivity contribution in [1.82, 2.24) is 29.2 Å². The normalized spacial score (nSPS) is 10.9. The minimum Gasteiger partial charge on any atom is -0.333 e. The van der Waals surface area contributed by atoms with E-state index in [2.05, 4.69) is 15.3 Å². The molecular weight excluding hydrogens is 290 g/mol. The van der Waals surface area contributed by atoms with Gasteiger partial charge in [-0.25, -0.2) is 9.48 Å². The van der Waals surface area contributed by atoms with E-state index < -0.39 is 5.69 Å². The fourth-order valence-corrected chi connectivity index (χ4v) is 2.30. The van der Waals surface area contributed by atoms with E-state index in [1.54, 1.807) is 11.5 Å². The number of benzene rings is 1. The van der Waals surface area contributed by atoms with Gasteiger partial charge in [-0.2, -0.15) is 14.9 Å². The van der Waals surface area contributed by atoms with Crippen LogP contribution in [0.2, 0.25) is 0 Å². The van der Waals surface area contributed by atoms with Crippen LogP contribution in [0.3, 0.4) is 0 Å². The fraction of sp³-hybridized carbons (Fsp3) is 0.167. The molecule has 2 aromatic heterocycles. The molecule has 0 aliphatic heterocycles. The van der Waals surface area contributed by atoms with Crippen molar-refractivity contribution in [3.8, 4) is 5.69 Å². The van der Waals surface area contributed by atoms with Crippen LogP contribution in [-0.4, -0.2) is 29.2 Å². The molecule has 0 unspecified atom stereocenters. The zero-order valence-electron chi connectivity index (χ0n) is 11.2. The zero-order chi connectivity index (χ0) is 15.0. The Kier molecular flexibility index (Phi) is 3.18. The standard InChI is InChI=1S/C12H13N7OS/c1-8-16-17(12(20)19(8)13)7-10-14-15-11(21)18(10)9-5-3-2-4-6-9/h2-6H,7,13H2,1H3,(H,15,21). The van der Waals surface area contributed by atoms with E-state index in [9.17, 15) is 4.79 Å². The molecule has 0 bridgehead atoms. The van der Waals surface area contributed by atoms with Gasteiger partial charge in [0.05, 0.1) is 0 Å². The van der Waals surface area contributed by atoms with Crippen LogP contribution in [0.25, 0.3) is 5.69 Å². The summed E-state index contributed by atoms with van der Waals surface area (Å²) in [4.78, 5) is 11.9. The van der Waals surface area contributed by atoms with Crippen molar-refractivity contribution in [2.45, 2.75) is 13.5 Å². The lowest BCUT2D eigenvalue weighted by Gasteiger charge is -2.05. The minimum atomic E-state index is -0.402. The summed E-state index contributed by atoms with van der Waals surface area (Å²) in [5.74, 6) is 6.58. The average Bonchev–Trinajstić information content (AvgIpc) is 2.96. The summed E-state index contributed by atoms with van der Waals surface area (Å²) >= 11 is 5.24. The number of hydrogen-bond acceptors (Lipinski definition) is 5. The van der Waals surface area contributed by atoms with Crippen LogP contribution in [0, 0.1) is 11.7 Å². The van der Waals surface area contributed by atoms with Crippen LogP contribution in [0.5, 0.6) is 0 Å². The van der Waals surface area contributed by atoms with Crippen molar-refractivity contribution in [1.29, 1.82) is 0 Å². The number of aromatic amines is 1. The van der Waals surface area contributed by atoms with Gasteiger partial charge < -0.3 is 5.84 Å². The highest BCUT2D eigenvalue weighted by Crippen LogP contribution is 2.10. The molecule has 0 aliphatic rings. The van der Waals surface area contributed by atoms with Gasteiger partial charge in [-0.05, 0) is 31.3 Å². The van der Waals surface area contributed by atoms with Gasteiger partial charge in [-0.15, -0.1) is 0 Å². The molecule has 0 atom stereocenters. The predicted molar refractivity (Wildman–Crippen MR) is 79.2 cm³/mol. The lowest BCUT2D eigenvalue weighted by Crippen LogP contribution is -2.31. The highest BCUT2D eigenvalue weighted by atomic mass is 32.1. The first-order valence-corrected chi connectivity index (χ1v) is 6.62. The number of nitrogen functional groups attached to an aromatic ring is 1. The van der Waals surface area contributed by atoms with Gasteiger partial charge in [0.15, 0.2) is 10.6 Å². The van der Waals surface area contributed by atoms with Crippen LogP contribution >= 0.6 is 12.2 Å². The van der Waals surface area contributed by atoms with Gasteiger partial charge in [0.25, 0.3) is 0 Å². The highest BCUT2D eigenvalue weighted by molar-refractivity contribution is 7.71. The van der Waals surface area contributed by atoms with E-state index in [1.165, 1.54) is 4.68 Å². The third kappa shape index (κ3) is 2.27. The fourth-order valence-electron chi connectivity index (χ4n) is 2.04. The van der Waals surface area contributed by atoms with Crippen LogP contribution in [-0.2, 0) is 6.54 Å². The van der Waals surface area contributed by atoms with Crippen molar-refractivity contribution in [3.05, 3.63) is 57.2 Å². The summed E-state index contributed by atoms with van der Waals surface area (Å²) in [6.45, 7) is 1.83. The Morgan fingerprint density at radius 1 is 1.33 bits per heavy atom. The Balaban J connectivity index is 2.07. The van der Waals surface area contributed by atoms with Crippen LogP contribution in [0.1, 0.15) is 11.6 Å². The molecule has 3 rings (SSSR count). The zero-order valence-corrected chi connectivity index (χ0v) is 12.0. The average molecular weight is 303 g/mol. The molecule has 9 heteroatoms. The van der Waals surface area contributed by atoms with Gasteiger partial charge in [0, 0.05) is 5.69 Å². The maximum atomic E-state index is 11.9. The first kappa shape index (κ1) is 13.3. The highest BCUT2D eigenvalue weighted by Gasteiger charge is 2.13. The van der Waals surface area contributed by atoms with E-state index in [1.807, 2.05) is 30.3 Å². The smallest absolute Gasteiger partial charge is 0.333 e. The van der Waals surface area contributed by atoms with Gasteiger partial charge in [-0.3, -0.25) is 9.67 Å². The molecule has 2 heterocycles. The second-order valence-electron chi connectivity index (χ2n) is 4.47. The largest absolute Gasteiger partial charge is 0.365 e. The number of nitrogens with zero attached hydrogens (tertiary/aromatic N) is 5. The van der Waals surface area contributed by atoms with E-state index in [-0.39, 0.29) is 6.54 Å². The molecule has 108 valence electrons. The van der Waals surface area contributed by atoms with E-state index in [0.717, 1.165) is 10.4 Å². The summed E-state index contributed by atoms with van der Waals surface area (Å²) in [5.41, 5.74) is 0.462. The molecule has 1 aromatic carbocycles. The number of nitrogens with two attached hydrogens (primary N) is 1. The van der Waals surface area contributed by atoms with Crippen molar-refractivity contribution in [2.75, 3.05) is 5.84 Å². The second-order valence-corrected chi connectivity index (χ2v) is 4.86. The molecule has 0 spiro atoms. The molecule has 0 radical (unpaired) electrons. The number of para-hydroxylation sites is 1. The maximum absolute atomic E-state index is 11.9. The van der Waals surface area contributed by atoms with Gasteiger partial charge in [0.1, 0.15) is 12.4 Å². The Bertz CT molecular complexity index is 886. The van der Waals surface area contributed by atoms with Crippen LogP contribution in [0.4, 0.5) is 0 Å². The topological polar surface area (TPSA) is 99.5 Å². The molecule has 0 aliphatic carbocycles. The second kappa shape index (κ2) is 5.02. The van der Waals surface area contributed by atoms with Gasteiger partial charge >= 0.3 is 5.69 Å². The third-order valence-electron chi connectivity index (χ3n) is 3.09. The first-order chi connectivity index (χ1) is 10.1. The third-order valence-corrected chi connectivity index (χ3v) is 3.36. The predicted octanol–water partition coefficient (Wildman–Crippen LogP) is 0.359. The maximum Gasteiger partial charge on any atom is 0.365 e. The Morgan fingerprint density at radius 2 is 2.05 bits per heavy atom. The Labute approximate surface area is 124 Å². The summed E-state index contributed by atoms with van der Waals surface area (Å²) in [6, 6.07) is 9.53. The number of rotatable bonds is 3. The number of nitrogens with one attached hydrogen (secondary N) is 1. The summed E-state index contributed by atoms with van der Waals surface area (Å²) in [5, 5.41) is 11.0. The van der Waals surface area contributed by atoms with Crippen molar-refractivity contribution in [2.24, 2.45) is 0 Å². The SMILES string of the molecule is Cc1nn(Cc2n[nH]c(=S)n2-c2ccccc2)c(=O)n1N. The van der Waals surface area contributed by atoms with Gasteiger partial charge in [-0.1, -0.05) is 18.2 Å². The van der Waals surface area contributed by atoms with E-state index in [4.69, 9.17) is 18.1 Å². The lowest BCUT2D eigenvalue weighted by molar-refractivity contribution is 0.613. The molecule has 21 heavy (non-hydrogen) atoms. The minimum absolute atomic E-state index is 0.173. The summed E-state index contributed by atoms with van der Waals surface area (Å²) < 4.78 is 4.45. The number of aryl methyl sites for hydroxylation is 1. The van der Waals surface area contributed by atoms with Crippen molar-refractivity contribution >= 4 is 12.2 Å². The molecule has 0 fully saturated rings. The number of hydrogen-bond donors (Lipinski definition) is 2. The van der Waals surface area contributed by atoms with Crippen LogP contribution < -0.4 is 11.5 Å². The number of H-pyrrole nitrogens is 1. The van der Waals surface area contributed by atoms with Crippen molar-refractivity contribution < 1.29 is 0 Å². The molecular formula is C12H13N7OS. The number of aromatic nitrogens is 6.